The van der Waals surface area contributed by atoms with Crippen LogP contribution in [0.5, 0.6) is 0 Å². The first kappa shape index (κ1) is 15.9. The Balaban J connectivity index is 2.41. The van der Waals surface area contributed by atoms with E-state index in [1.54, 1.807) is 12.1 Å². The number of nitrogens with two attached hydrogens (primary N) is 1. The molecule has 112 valence electrons. The Kier molecular flexibility index (Phi) is 4.58. The molecule has 0 radical (unpaired) electrons. The third-order valence-electron chi connectivity index (χ3n) is 3.13. The molecule has 1 nitrogen and oxygen atoms in total. The number of alkyl halides is 3. The molecule has 2 N–H and O–H groups in total. The van der Waals surface area contributed by atoms with Crippen molar-refractivity contribution in [3.63, 3.8) is 0 Å². The maximum absolute atomic E-state index is 13.6. The Labute approximate surface area is 124 Å². The molecule has 2 aromatic rings. The van der Waals surface area contributed by atoms with Crippen LogP contribution >= 0.6 is 11.8 Å². The zero-order valence-electron chi connectivity index (χ0n) is 11.1. The van der Waals surface area contributed by atoms with Gasteiger partial charge in [0, 0.05) is 4.90 Å². The van der Waals surface area contributed by atoms with Crippen molar-refractivity contribution >= 4 is 11.8 Å². The molecule has 0 amide bonds. The van der Waals surface area contributed by atoms with E-state index in [0.29, 0.717) is 5.56 Å². The Morgan fingerprint density at radius 2 is 1.76 bits per heavy atom. The topological polar surface area (TPSA) is 26.0 Å². The van der Waals surface area contributed by atoms with Gasteiger partial charge < -0.3 is 5.73 Å². The second-order valence-corrected chi connectivity index (χ2v) is 5.30. The highest BCUT2D eigenvalue weighted by molar-refractivity contribution is 7.98. The third-order valence-corrected chi connectivity index (χ3v) is 3.94. The van der Waals surface area contributed by atoms with Gasteiger partial charge in [-0.25, -0.2) is 4.39 Å². The molecule has 0 bridgehead atoms. The van der Waals surface area contributed by atoms with Crippen molar-refractivity contribution in [1.29, 1.82) is 0 Å². The molecular weight excluding hydrogens is 302 g/mol. The average Bonchev–Trinajstić information content (AvgIpc) is 2.45. The maximum atomic E-state index is 13.6. The van der Waals surface area contributed by atoms with Crippen LogP contribution in [0.25, 0.3) is 0 Å². The van der Waals surface area contributed by atoms with Crippen molar-refractivity contribution in [3.8, 4) is 0 Å². The van der Waals surface area contributed by atoms with Crippen LogP contribution < -0.4 is 5.73 Å². The minimum atomic E-state index is -4.70. The summed E-state index contributed by atoms with van der Waals surface area (Å²) < 4.78 is 51.3. The van der Waals surface area contributed by atoms with E-state index in [9.17, 15) is 17.6 Å². The van der Waals surface area contributed by atoms with Gasteiger partial charge in [-0.2, -0.15) is 13.2 Å². The van der Waals surface area contributed by atoms with E-state index in [4.69, 9.17) is 5.73 Å². The summed E-state index contributed by atoms with van der Waals surface area (Å²) in [6.07, 6.45) is -2.83. The Bertz CT molecular complexity index is 640. The van der Waals surface area contributed by atoms with Crippen molar-refractivity contribution in [3.05, 3.63) is 65.0 Å². The van der Waals surface area contributed by atoms with Crippen LogP contribution in [0.3, 0.4) is 0 Å². The van der Waals surface area contributed by atoms with Gasteiger partial charge in [-0.15, -0.1) is 11.8 Å². The van der Waals surface area contributed by atoms with E-state index in [1.165, 1.54) is 17.8 Å². The van der Waals surface area contributed by atoms with Crippen molar-refractivity contribution in [1.82, 2.24) is 0 Å². The van der Waals surface area contributed by atoms with E-state index in [-0.39, 0.29) is 0 Å². The van der Waals surface area contributed by atoms with E-state index in [1.807, 2.05) is 18.4 Å². The van der Waals surface area contributed by atoms with Gasteiger partial charge in [0.2, 0.25) is 0 Å². The molecule has 21 heavy (non-hydrogen) atoms. The van der Waals surface area contributed by atoms with E-state index >= 15 is 0 Å². The van der Waals surface area contributed by atoms with Gasteiger partial charge in [0.05, 0.1) is 11.6 Å². The number of hydrogen-bond donors (Lipinski definition) is 1. The van der Waals surface area contributed by atoms with Gasteiger partial charge in [0.15, 0.2) is 0 Å². The molecule has 0 aliphatic heterocycles. The summed E-state index contributed by atoms with van der Waals surface area (Å²) in [7, 11) is 0. The summed E-state index contributed by atoms with van der Waals surface area (Å²) in [5, 5.41) is 0. The van der Waals surface area contributed by atoms with Gasteiger partial charge in [-0.3, -0.25) is 0 Å². The minimum absolute atomic E-state index is 0.307. The summed E-state index contributed by atoms with van der Waals surface area (Å²) in [6, 6.07) is 9.40. The molecule has 0 aromatic heterocycles. The van der Waals surface area contributed by atoms with Gasteiger partial charge in [0.1, 0.15) is 5.82 Å². The van der Waals surface area contributed by atoms with Crippen LogP contribution in [-0.2, 0) is 6.18 Å². The van der Waals surface area contributed by atoms with Gasteiger partial charge in [-0.1, -0.05) is 24.3 Å². The quantitative estimate of drug-likeness (QED) is 0.661. The Morgan fingerprint density at radius 3 is 2.33 bits per heavy atom. The van der Waals surface area contributed by atoms with Crippen molar-refractivity contribution in [2.24, 2.45) is 5.73 Å². The second-order valence-electron chi connectivity index (χ2n) is 4.46. The molecule has 6 heteroatoms. The van der Waals surface area contributed by atoms with Crippen LogP contribution in [0.2, 0.25) is 0 Å². The van der Waals surface area contributed by atoms with Crippen LogP contribution in [0.4, 0.5) is 17.6 Å². The first-order valence-corrected chi connectivity index (χ1v) is 7.32. The van der Waals surface area contributed by atoms with E-state index < -0.39 is 23.6 Å². The zero-order valence-corrected chi connectivity index (χ0v) is 11.9. The summed E-state index contributed by atoms with van der Waals surface area (Å²) in [5.74, 6) is -1.31. The fourth-order valence-electron chi connectivity index (χ4n) is 2.06. The SMILES string of the molecule is CSc1ccccc1C(N)c1ccc(C(F)(F)F)c(F)c1. The monoisotopic (exact) mass is 315 g/mol. The minimum Gasteiger partial charge on any atom is -0.320 e. The predicted octanol–water partition coefficient (Wildman–Crippen LogP) is 4.61. The van der Waals surface area contributed by atoms with Crippen molar-refractivity contribution < 1.29 is 17.6 Å². The number of rotatable bonds is 3. The molecule has 0 aliphatic rings. The molecule has 0 spiro atoms. The van der Waals surface area contributed by atoms with Crippen LogP contribution in [-0.4, -0.2) is 6.26 Å². The number of hydrogen-bond acceptors (Lipinski definition) is 2. The van der Waals surface area contributed by atoms with Crippen LogP contribution in [0.1, 0.15) is 22.7 Å². The highest BCUT2D eigenvalue weighted by Crippen LogP contribution is 2.34. The first-order valence-electron chi connectivity index (χ1n) is 6.09. The molecule has 2 aromatic carbocycles. The molecule has 1 unspecified atom stereocenters. The summed E-state index contributed by atoms with van der Waals surface area (Å²) in [4.78, 5) is 0.908. The molecule has 0 fully saturated rings. The van der Waals surface area contributed by atoms with Crippen LogP contribution in [0, 0.1) is 5.82 Å². The first-order chi connectivity index (χ1) is 9.84. The third kappa shape index (κ3) is 3.39. The Hall–Kier alpha value is -1.53. The highest BCUT2D eigenvalue weighted by atomic mass is 32.2. The van der Waals surface area contributed by atoms with Gasteiger partial charge >= 0.3 is 6.18 Å². The largest absolute Gasteiger partial charge is 0.419 e. The molecule has 1 atom stereocenters. The fourth-order valence-corrected chi connectivity index (χ4v) is 2.70. The molecule has 2 rings (SSSR count). The fraction of sp³-hybridized carbons (Fsp3) is 0.200. The number of benzene rings is 2. The average molecular weight is 315 g/mol. The number of thioether (sulfide) groups is 1. The maximum Gasteiger partial charge on any atom is 0.419 e. The molecule has 0 heterocycles. The Morgan fingerprint density at radius 1 is 1.10 bits per heavy atom. The van der Waals surface area contributed by atoms with Gasteiger partial charge in [0.25, 0.3) is 0 Å². The van der Waals surface area contributed by atoms with Crippen molar-refractivity contribution in [2.45, 2.75) is 17.1 Å². The lowest BCUT2D eigenvalue weighted by atomic mass is 9.98. The van der Waals surface area contributed by atoms with E-state index in [0.717, 1.165) is 22.6 Å². The highest BCUT2D eigenvalue weighted by Gasteiger charge is 2.34. The molecular formula is C15H13F4NS. The standard InChI is InChI=1S/C15H13F4NS/c1-21-13-5-3-2-4-10(13)14(20)9-6-7-11(12(16)8-9)15(17,18)19/h2-8,14H,20H2,1H3. The lowest BCUT2D eigenvalue weighted by Crippen LogP contribution is -2.15. The predicted molar refractivity (Wildman–Crippen MR) is 75.7 cm³/mol. The summed E-state index contributed by atoms with van der Waals surface area (Å²) >= 11 is 1.48. The lowest BCUT2D eigenvalue weighted by Gasteiger charge is -2.17. The lowest BCUT2D eigenvalue weighted by molar-refractivity contribution is -0.140. The molecule has 0 saturated carbocycles. The smallest absolute Gasteiger partial charge is 0.320 e. The van der Waals surface area contributed by atoms with E-state index in [2.05, 4.69) is 0 Å². The summed E-state index contributed by atoms with van der Waals surface area (Å²) in [5.41, 5.74) is 5.84. The van der Waals surface area contributed by atoms with Gasteiger partial charge in [-0.05, 0) is 35.6 Å². The normalized spacial score (nSPS) is 13.2. The number of halogens is 4. The zero-order chi connectivity index (χ0) is 15.6. The molecule has 0 aliphatic carbocycles. The van der Waals surface area contributed by atoms with Crippen molar-refractivity contribution in [2.75, 3.05) is 6.26 Å². The summed E-state index contributed by atoms with van der Waals surface area (Å²) in [6.45, 7) is 0. The van der Waals surface area contributed by atoms with Crippen LogP contribution in [0.15, 0.2) is 47.4 Å². The second kappa shape index (κ2) is 6.07. The molecule has 0 saturated heterocycles.